The molecule has 31 heavy (non-hydrogen) atoms. The number of nitrogens with zero attached hydrogens (tertiary/aromatic N) is 4. The lowest BCUT2D eigenvalue weighted by molar-refractivity contribution is -0.116. The van der Waals surface area contributed by atoms with Crippen LogP contribution in [0.25, 0.3) is 5.69 Å². The quantitative estimate of drug-likeness (QED) is 0.394. The Balaban J connectivity index is 1.41. The number of hydrogen-bond donors (Lipinski definition) is 0. The highest BCUT2D eigenvalue weighted by atomic mass is 32.2. The summed E-state index contributed by atoms with van der Waals surface area (Å²) in [6.45, 7) is 0. The summed E-state index contributed by atoms with van der Waals surface area (Å²) in [5.74, 6) is 1.18. The van der Waals surface area contributed by atoms with E-state index in [2.05, 4.69) is 28.4 Å². The molecule has 1 aliphatic rings. The van der Waals surface area contributed by atoms with Crippen molar-refractivity contribution in [2.24, 2.45) is 0 Å². The molecule has 4 aromatic rings. The van der Waals surface area contributed by atoms with E-state index < -0.39 is 0 Å². The number of aromatic nitrogens is 3. The van der Waals surface area contributed by atoms with Crippen LogP contribution in [0, 0.1) is 0 Å². The number of thioether (sulfide) groups is 2. The molecular formula is C24H20N4OS2. The Kier molecular flexibility index (Phi) is 5.78. The second-order valence-electron chi connectivity index (χ2n) is 7.08. The fourth-order valence-electron chi connectivity index (χ4n) is 3.70. The summed E-state index contributed by atoms with van der Waals surface area (Å²) < 4.78 is 1.91. The second-order valence-corrected chi connectivity index (χ2v) is 9.08. The third kappa shape index (κ3) is 4.11. The van der Waals surface area contributed by atoms with Gasteiger partial charge in [0.15, 0.2) is 5.16 Å². The molecule has 5 nitrogen and oxygen atoms in total. The van der Waals surface area contributed by atoms with Crippen molar-refractivity contribution in [3.05, 3.63) is 96.8 Å². The third-order valence-electron chi connectivity index (χ3n) is 5.16. The van der Waals surface area contributed by atoms with Crippen LogP contribution in [0.5, 0.6) is 0 Å². The predicted octanol–water partition coefficient (Wildman–Crippen LogP) is 5.24. The van der Waals surface area contributed by atoms with Gasteiger partial charge in [-0.05, 0) is 29.8 Å². The standard InChI is InChI=1S/C24H20N4OS2/c29-23(16-31-24-26-25-17-27(24)19-11-5-2-6-12-19)28-20-13-7-8-14-22(20)30-15-21(28)18-9-3-1-4-10-18/h1-14,17,21H,15-16H2/t21-/m0/s1. The molecule has 5 rings (SSSR count). The lowest BCUT2D eigenvalue weighted by Gasteiger charge is -2.37. The van der Waals surface area contributed by atoms with E-state index in [1.807, 2.05) is 76.2 Å². The van der Waals surface area contributed by atoms with Crippen LogP contribution in [0.4, 0.5) is 5.69 Å². The fourth-order valence-corrected chi connectivity index (χ4v) is 5.66. The molecule has 1 amide bonds. The van der Waals surface area contributed by atoms with Crippen molar-refractivity contribution in [2.75, 3.05) is 16.4 Å². The van der Waals surface area contributed by atoms with Crippen molar-refractivity contribution in [2.45, 2.75) is 16.1 Å². The summed E-state index contributed by atoms with van der Waals surface area (Å²) in [6.07, 6.45) is 1.68. The lowest BCUT2D eigenvalue weighted by atomic mass is 10.1. The smallest absolute Gasteiger partial charge is 0.238 e. The zero-order valence-electron chi connectivity index (χ0n) is 16.7. The van der Waals surface area contributed by atoms with Gasteiger partial charge in [-0.1, -0.05) is 72.4 Å². The Morgan fingerprint density at radius 3 is 2.48 bits per heavy atom. The molecule has 0 saturated carbocycles. The van der Waals surface area contributed by atoms with E-state index in [1.54, 1.807) is 18.1 Å². The van der Waals surface area contributed by atoms with Gasteiger partial charge < -0.3 is 4.90 Å². The topological polar surface area (TPSA) is 51.0 Å². The maximum atomic E-state index is 13.5. The van der Waals surface area contributed by atoms with Gasteiger partial charge in [-0.3, -0.25) is 9.36 Å². The molecule has 0 unspecified atom stereocenters. The van der Waals surface area contributed by atoms with Crippen LogP contribution in [0.2, 0.25) is 0 Å². The number of para-hydroxylation sites is 2. The number of fused-ring (bicyclic) bond motifs is 1. The highest BCUT2D eigenvalue weighted by molar-refractivity contribution is 8.00. The van der Waals surface area contributed by atoms with Crippen LogP contribution in [-0.2, 0) is 4.79 Å². The predicted molar refractivity (Wildman–Crippen MR) is 126 cm³/mol. The minimum Gasteiger partial charge on any atom is -0.302 e. The number of hydrogen-bond acceptors (Lipinski definition) is 5. The number of benzene rings is 3. The van der Waals surface area contributed by atoms with Crippen molar-refractivity contribution < 1.29 is 4.79 Å². The van der Waals surface area contributed by atoms with Crippen molar-refractivity contribution in [1.29, 1.82) is 0 Å². The molecule has 1 aromatic heterocycles. The first-order chi connectivity index (χ1) is 15.3. The van der Waals surface area contributed by atoms with Gasteiger partial charge in [0.2, 0.25) is 5.91 Å². The molecule has 0 fully saturated rings. The molecule has 3 aromatic carbocycles. The lowest BCUT2D eigenvalue weighted by Crippen LogP contribution is -2.39. The normalized spacial score (nSPS) is 15.5. The van der Waals surface area contributed by atoms with Crippen molar-refractivity contribution >= 4 is 35.1 Å². The highest BCUT2D eigenvalue weighted by Crippen LogP contribution is 2.43. The minimum absolute atomic E-state index is 0.00110. The molecule has 7 heteroatoms. The average molecular weight is 445 g/mol. The van der Waals surface area contributed by atoms with Gasteiger partial charge in [-0.25, -0.2) is 0 Å². The molecule has 0 spiro atoms. The van der Waals surface area contributed by atoms with Crippen molar-refractivity contribution in [1.82, 2.24) is 14.8 Å². The van der Waals surface area contributed by atoms with Crippen LogP contribution in [0.3, 0.4) is 0 Å². The summed E-state index contributed by atoms with van der Waals surface area (Å²) >= 11 is 3.21. The third-order valence-corrected chi connectivity index (χ3v) is 7.23. The Labute approximate surface area is 189 Å². The summed E-state index contributed by atoms with van der Waals surface area (Å²) in [4.78, 5) is 16.6. The summed E-state index contributed by atoms with van der Waals surface area (Å²) in [5, 5.41) is 8.99. The molecule has 0 bridgehead atoms. The van der Waals surface area contributed by atoms with Crippen LogP contribution >= 0.6 is 23.5 Å². The zero-order chi connectivity index (χ0) is 21.0. The minimum atomic E-state index is 0.00110. The van der Waals surface area contributed by atoms with E-state index in [-0.39, 0.29) is 17.7 Å². The maximum Gasteiger partial charge on any atom is 0.238 e. The molecule has 1 aliphatic heterocycles. The van der Waals surface area contributed by atoms with Gasteiger partial charge in [-0.2, -0.15) is 0 Å². The maximum absolute atomic E-state index is 13.5. The number of carbonyl (C=O) groups excluding carboxylic acids is 1. The van der Waals surface area contributed by atoms with E-state index in [4.69, 9.17) is 0 Å². The Hall–Kier alpha value is -3.03. The Morgan fingerprint density at radius 2 is 1.68 bits per heavy atom. The molecule has 0 radical (unpaired) electrons. The first kappa shape index (κ1) is 19.9. The van der Waals surface area contributed by atoms with Crippen molar-refractivity contribution in [3.63, 3.8) is 0 Å². The zero-order valence-corrected chi connectivity index (χ0v) is 18.3. The van der Waals surface area contributed by atoms with Gasteiger partial charge in [0.25, 0.3) is 0 Å². The van der Waals surface area contributed by atoms with Crippen LogP contribution in [0.15, 0.2) is 101 Å². The summed E-state index contributed by atoms with van der Waals surface area (Å²) in [6, 6.07) is 28.3. The van der Waals surface area contributed by atoms with E-state index in [0.29, 0.717) is 5.16 Å². The van der Waals surface area contributed by atoms with E-state index >= 15 is 0 Å². The number of anilines is 1. The number of amides is 1. The number of rotatable bonds is 5. The molecule has 1 atom stereocenters. The van der Waals surface area contributed by atoms with Gasteiger partial charge in [0.1, 0.15) is 6.33 Å². The molecule has 0 aliphatic carbocycles. The van der Waals surface area contributed by atoms with Crippen molar-refractivity contribution in [3.8, 4) is 5.69 Å². The Bertz CT molecular complexity index is 1180. The molecule has 2 heterocycles. The monoisotopic (exact) mass is 444 g/mol. The van der Waals surface area contributed by atoms with E-state index in [1.165, 1.54) is 11.8 Å². The fraction of sp³-hybridized carbons (Fsp3) is 0.125. The number of carbonyl (C=O) groups is 1. The largest absolute Gasteiger partial charge is 0.302 e. The van der Waals surface area contributed by atoms with E-state index in [0.717, 1.165) is 27.6 Å². The summed E-state index contributed by atoms with van der Waals surface area (Å²) in [5.41, 5.74) is 3.10. The highest BCUT2D eigenvalue weighted by Gasteiger charge is 2.32. The first-order valence-electron chi connectivity index (χ1n) is 9.98. The molecular weight excluding hydrogens is 424 g/mol. The molecule has 154 valence electrons. The van der Waals surface area contributed by atoms with E-state index in [9.17, 15) is 4.79 Å². The van der Waals surface area contributed by atoms with Crippen LogP contribution in [0.1, 0.15) is 11.6 Å². The van der Waals surface area contributed by atoms with Gasteiger partial charge >= 0.3 is 0 Å². The molecule has 0 saturated heterocycles. The van der Waals surface area contributed by atoms with Crippen LogP contribution in [-0.4, -0.2) is 32.2 Å². The SMILES string of the molecule is O=C(CSc1nncn1-c1ccccc1)N1c2ccccc2SC[C@H]1c1ccccc1. The van der Waals surface area contributed by atoms with Gasteiger partial charge in [0.05, 0.1) is 17.5 Å². The Morgan fingerprint density at radius 1 is 0.968 bits per heavy atom. The van der Waals surface area contributed by atoms with Gasteiger partial charge in [-0.15, -0.1) is 22.0 Å². The molecule has 0 N–H and O–H groups in total. The average Bonchev–Trinajstić information content (AvgIpc) is 3.31. The summed E-state index contributed by atoms with van der Waals surface area (Å²) in [7, 11) is 0. The van der Waals surface area contributed by atoms with Gasteiger partial charge in [0, 0.05) is 16.3 Å². The first-order valence-corrected chi connectivity index (χ1v) is 12.0. The second kappa shape index (κ2) is 8.99. The van der Waals surface area contributed by atoms with Crippen LogP contribution < -0.4 is 4.90 Å².